The maximum Gasteiger partial charge on any atom is 0.290 e. The van der Waals surface area contributed by atoms with E-state index in [0.717, 1.165) is 0 Å². The minimum Gasteiger partial charge on any atom is -0.357 e. The van der Waals surface area contributed by atoms with Gasteiger partial charge in [-0.2, -0.15) is 5.26 Å². The van der Waals surface area contributed by atoms with E-state index in [0.29, 0.717) is 11.5 Å². The summed E-state index contributed by atoms with van der Waals surface area (Å²) in [6.07, 6.45) is 0. The highest BCUT2D eigenvalue weighted by atomic mass is 16.6. The Morgan fingerprint density at radius 2 is 2.43 bits per heavy atom. The second kappa shape index (κ2) is 4.18. The second-order valence-electron chi connectivity index (χ2n) is 2.57. The number of nitro groups is 1. The Kier molecular flexibility index (Phi) is 2.97. The van der Waals surface area contributed by atoms with Crippen LogP contribution >= 0.6 is 0 Å². The molecule has 0 aromatic carbocycles. The van der Waals surface area contributed by atoms with Gasteiger partial charge in [-0.15, -0.1) is 0 Å². The molecule has 0 unspecified atom stereocenters. The predicted molar refractivity (Wildman–Crippen MR) is 49.7 cm³/mol. The summed E-state index contributed by atoms with van der Waals surface area (Å²) in [6.45, 7) is 1.68. The fourth-order valence-corrected chi connectivity index (χ4v) is 0.975. The summed E-state index contributed by atoms with van der Waals surface area (Å²) in [4.78, 5) is 13.9. The number of aromatic nitrogens is 1. The lowest BCUT2D eigenvalue weighted by Crippen LogP contribution is -2.02. The van der Waals surface area contributed by atoms with E-state index < -0.39 is 4.92 Å². The molecule has 0 spiro atoms. The molecule has 6 heteroatoms. The van der Waals surface area contributed by atoms with Crippen molar-refractivity contribution in [3.8, 4) is 6.07 Å². The number of nitriles is 1. The normalized spacial score (nSPS) is 9.14. The average Bonchev–Trinajstić information content (AvgIpc) is 2.14. The molecule has 0 aliphatic carbocycles. The number of nitrogens with zero attached hydrogens (tertiary/aromatic N) is 3. The van der Waals surface area contributed by atoms with Crippen molar-refractivity contribution in [3.05, 3.63) is 27.9 Å². The Morgan fingerprint density at radius 3 is 2.93 bits per heavy atom. The summed E-state index contributed by atoms with van der Waals surface area (Å²) in [5.41, 5.74) is 0.311. The van der Waals surface area contributed by atoms with Crippen LogP contribution in [0.4, 0.5) is 11.5 Å². The minimum absolute atomic E-state index is 0.0208. The van der Waals surface area contributed by atoms with E-state index in [2.05, 4.69) is 10.3 Å². The molecule has 1 aromatic heterocycles. The van der Waals surface area contributed by atoms with Crippen LogP contribution in [-0.4, -0.2) is 16.5 Å². The van der Waals surface area contributed by atoms with Gasteiger partial charge in [-0.25, -0.2) is 4.98 Å². The van der Waals surface area contributed by atoms with Crippen molar-refractivity contribution >= 4 is 11.5 Å². The molecule has 6 nitrogen and oxygen atoms in total. The smallest absolute Gasteiger partial charge is 0.290 e. The molecule has 1 aromatic rings. The Balaban J connectivity index is 2.90. The molecular formula is C8H8N4O2. The fourth-order valence-electron chi connectivity index (χ4n) is 0.975. The van der Waals surface area contributed by atoms with Crippen LogP contribution in [0.2, 0.25) is 0 Å². The zero-order valence-electron chi connectivity index (χ0n) is 7.52. The van der Waals surface area contributed by atoms with E-state index in [1.807, 2.05) is 6.07 Å². The average molecular weight is 192 g/mol. The van der Waals surface area contributed by atoms with Crippen LogP contribution in [0.1, 0.15) is 5.69 Å². The lowest BCUT2D eigenvalue weighted by atomic mass is 10.3. The van der Waals surface area contributed by atoms with Crippen LogP contribution in [0.25, 0.3) is 0 Å². The molecule has 0 saturated heterocycles. The van der Waals surface area contributed by atoms with Crippen LogP contribution in [0.3, 0.4) is 0 Å². The highest BCUT2D eigenvalue weighted by Gasteiger charge is 2.10. The first-order valence-corrected chi connectivity index (χ1v) is 3.88. The maximum atomic E-state index is 10.4. The van der Waals surface area contributed by atoms with Crippen LogP contribution in [0.5, 0.6) is 0 Å². The van der Waals surface area contributed by atoms with Gasteiger partial charge in [-0.1, -0.05) is 0 Å². The van der Waals surface area contributed by atoms with Gasteiger partial charge in [0.2, 0.25) is 0 Å². The van der Waals surface area contributed by atoms with Crippen molar-refractivity contribution in [1.29, 1.82) is 5.26 Å². The van der Waals surface area contributed by atoms with Gasteiger partial charge in [-0.05, 0) is 13.0 Å². The number of aryl methyl sites for hydroxylation is 1. The highest BCUT2D eigenvalue weighted by molar-refractivity contribution is 5.45. The Labute approximate surface area is 80.3 Å². The van der Waals surface area contributed by atoms with E-state index in [4.69, 9.17) is 5.26 Å². The molecule has 1 heterocycles. The third-order valence-electron chi connectivity index (χ3n) is 1.60. The number of rotatable bonds is 3. The zero-order valence-corrected chi connectivity index (χ0v) is 7.52. The standard InChI is InChI=1S/C8H8N4O2/c1-6-7(12(13)14)2-3-8(11-6)10-5-4-9/h2-3H,5H2,1H3,(H,10,11). The highest BCUT2D eigenvalue weighted by Crippen LogP contribution is 2.17. The van der Waals surface area contributed by atoms with Gasteiger partial charge < -0.3 is 5.32 Å². The molecule has 0 fully saturated rings. The largest absolute Gasteiger partial charge is 0.357 e. The minimum atomic E-state index is -0.490. The first-order valence-electron chi connectivity index (χ1n) is 3.88. The third kappa shape index (κ3) is 2.17. The van der Waals surface area contributed by atoms with Crippen molar-refractivity contribution in [2.45, 2.75) is 6.92 Å². The monoisotopic (exact) mass is 192 g/mol. The molecule has 1 N–H and O–H groups in total. The van der Waals surface area contributed by atoms with Gasteiger partial charge in [0, 0.05) is 6.07 Å². The number of hydrogen-bond donors (Lipinski definition) is 1. The molecule has 0 atom stereocenters. The first-order chi connectivity index (χ1) is 6.65. The molecule has 0 amide bonds. The van der Waals surface area contributed by atoms with Gasteiger partial charge in [0.25, 0.3) is 5.69 Å². The quantitative estimate of drug-likeness (QED) is 0.441. The third-order valence-corrected chi connectivity index (χ3v) is 1.60. The number of anilines is 1. The lowest BCUT2D eigenvalue weighted by molar-refractivity contribution is -0.385. The summed E-state index contributed by atoms with van der Waals surface area (Å²) in [5.74, 6) is 0.467. The van der Waals surface area contributed by atoms with Gasteiger partial charge in [0.05, 0.1) is 11.0 Å². The summed E-state index contributed by atoms with van der Waals surface area (Å²) in [5, 5.41) is 21.4. The van der Waals surface area contributed by atoms with E-state index in [-0.39, 0.29) is 12.2 Å². The molecule has 0 radical (unpaired) electrons. The van der Waals surface area contributed by atoms with Crippen LogP contribution in [-0.2, 0) is 0 Å². The number of pyridine rings is 1. The summed E-state index contributed by atoms with van der Waals surface area (Å²) >= 11 is 0. The van der Waals surface area contributed by atoms with E-state index >= 15 is 0 Å². The summed E-state index contributed by atoms with van der Waals surface area (Å²) < 4.78 is 0. The fraction of sp³-hybridized carbons (Fsp3) is 0.250. The second-order valence-corrected chi connectivity index (χ2v) is 2.57. The number of nitrogens with one attached hydrogen (secondary N) is 1. The Hall–Kier alpha value is -2.16. The number of hydrogen-bond acceptors (Lipinski definition) is 5. The Bertz CT molecular complexity index is 397. The van der Waals surface area contributed by atoms with Crippen molar-refractivity contribution in [2.75, 3.05) is 11.9 Å². The van der Waals surface area contributed by atoms with Gasteiger partial charge in [0.15, 0.2) is 0 Å². The van der Waals surface area contributed by atoms with Gasteiger partial charge in [0.1, 0.15) is 18.1 Å². The van der Waals surface area contributed by atoms with Crippen LogP contribution in [0.15, 0.2) is 12.1 Å². The van der Waals surface area contributed by atoms with Crippen molar-refractivity contribution in [3.63, 3.8) is 0 Å². The molecule has 72 valence electrons. The summed E-state index contributed by atoms with van der Waals surface area (Å²) in [7, 11) is 0. The van der Waals surface area contributed by atoms with Crippen molar-refractivity contribution < 1.29 is 4.92 Å². The molecule has 0 aliphatic rings. The lowest BCUT2D eigenvalue weighted by Gasteiger charge is -2.01. The van der Waals surface area contributed by atoms with Crippen LogP contribution in [0, 0.1) is 28.4 Å². The van der Waals surface area contributed by atoms with E-state index in [9.17, 15) is 10.1 Å². The maximum absolute atomic E-state index is 10.4. The molecule has 14 heavy (non-hydrogen) atoms. The predicted octanol–water partition coefficient (Wildman–Crippen LogP) is 1.23. The van der Waals surface area contributed by atoms with E-state index in [1.54, 1.807) is 6.92 Å². The Morgan fingerprint density at radius 1 is 1.71 bits per heavy atom. The van der Waals surface area contributed by atoms with Gasteiger partial charge >= 0.3 is 0 Å². The zero-order chi connectivity index (χ0) is 10.6. The molecule has 1 rings (SSSR count). The molecule has 0 saturated carbocycles. The van der Waals surface area contributed by atoms with Crippen molar-refractivity contribution in [1.82, 2.24) is 4.98 Å². The molecule has 0 aliphatic heterocycles. The van der Waals surface area contributed by atoms with Crippen LogP contribution < -0.4 is 5.32 Å². The van der Waals surface area contributed by atoms with Crippen molar-refractivity contribution in [2.24, 2.45) is 0 Å². The van der Waals surface area contributed by atoms with E-state index in [1.165, 1.54) is 12.1 Å². The first kappa shape index (κ1) is 9.92. The topological polar surface area (TPSA) is 91.8 Å². The summed E-state index contributed by atoms with van der Waals surface area (Å²) in [6, 6.07) is 4.73. The van der Waals surface area contributed by atoms with Gasteiger partial charge in [-0.3, -0.25) is 10.1 Å². The SMILES string of the molecule is Cc1nc(NCC#N)ccc1[N+](=O)[O-]. The molecule has 0 bridgehead atoms. The molecular weight excluding hydrogens is 184 g/mol.